The molecule has 0 atom stereocenters. The molecule has 0 aliphatic rings. The average molecular weight is 390 g/mol. The van der Waals surface area contributed by atoms with Gasteiger partial charge in [-0.1, -0.05) is 63.0 Å². The highest BCUT2D eigenvalue weighted by molar-refractivity contribution is 6.31. The third-order valence-electron chi connectivity index (χ3n) is 4.84. The number of fused-ring (bicyclic) bond motifs is 1. The Morgan fingerprint density at radius 2 is 1.56 bits per heavy atom. The lowest BCUT2D eigenvalue weighted by Crippen LogP contribution is -2.11. The van der Waals surface area contributed by atoms with Crippen molar-refractivity contribution in [1.82, 2.24) is 4.98 Å². The first-order valence-electron chi connectivity index (χ1n) is 10.2. The first kappa shape index (κ1) is 21.6. The predicted molar refractivity (Wildman–Crippen MR) is 115 cm³/mol. The van der Waals surface area contributed by atoms with Crippen LogP contribution in [0.25, 0.3) is 10.9 Å². The molecule has 0 saturated heterocycles. The topological polar surface area (TPSA) is 68.0 Å². The molecule has 5 heteroatoms. The van der Waals surface area contributed by atoms with Gasteiger partial charge in [-0.2, -0.15) is 0 Å². The van der Waals surface area contributed by atoms with Gasteiger partial charge < -0.3 is 11.1 Å². The van der Waals surface area contributed by atoms with Crippen molar-refractivity contribution in [2.45, 2.75) is 70.6 Å². The number of nitrogens with two attached hydrogens (primary N) is 1. The van der Waals surface area contributed by atoms with E-state index in [0.717, 1.165) is 42.4 Å². The summed E-state index contributed by atoms with van der Waals surface area (Å²) in [5.74, 6) is 0.0670. The maximum Gasteiger partial charge on any atom is 0.224 e. The maximum absolute atomic E-state index is 12.2. The number of aromatic nitrogens is 1. The standard InChI is InChI=1S/C22H32ClN3O/c23-18-12-13-19-20(14-16-25-21(19)17-18)26-22(27)11-9-7-5-3-1-2-4-6-8-10-15-24/h12-14,16-17H,1-11,15,24H2,(H,25,26,27). The number of hydrogen-bond acceptors (Lipinski definition) is 3. The van der Waals surface area contributed by atoms with Crippen LogP contribution in [0, 0.1) is 0 Å². The van der Waals surface area contributed by atoms with E-state index in [1.165, 1.54) is 44.9 Å². The monoisotopic (exact) mass is 389 g/mol. The van der Waals surface area contributed by atoms with Gasteiger partial charge in [0.1, 0.15) is 0 Å². The Morgan fingerprint density at radius 1 is 0.926 bits per heavy atom. The molecule has 3 N–H and O–H groups in total. The number of amides is 1. The second-order valence-electron chi connectivity index (χ2n) is 7.14. The summed E-state index contributed by atoms with van der Waals surface area (Å²) in [6.07, 6.45) is 14.5. The minimum atomic E-state index is 0.0670. The van der Waals surface area contributed by atoms with E-state index < -0.39 is 0 Å². The zero-order chi connectivity index (χ0) is 19.3. The third kappa shape index (κ3) is 8.27. The molecule has 0 bridgehead atoms. The molecule has 1 heterocycles. The van der Waals surface area contributed by atoms with E-state index in [2.05, 4.69) is 10.3 Å². The van der Waals surface area contributed by atoms with Crippen LogP contribution in [-0.4, -0.2) is 17.4 Å². The number of hydrogen-bond donors (Lipinski definition) is 2. The number of rotatable bonds is 13. The van der Waals surface area contributed by atoms with Crippen LogP contribution in [0.4, 0.5) is 5.69 Å². The number of nitrogens with one attached hydrogen (secondary N) is 1. The van der Waals surface area contributed by atoms with Crippen molar-refractivity contribution < 1.29 is 4.79 Å². The van der Waals surface area contributed by atoms with Crippen LogP contribution in [0.2, 0.25) is 5.02 Å². The zero-order valence-corrected chi connectivity index (χ0v) is 16.9. The van der Waals surface area contributed by atoms with Crippen LogP contribution in [0.15, 0.2) is 30.5 Å². The largest absolute Gasteiger partial charge is 0.330 e. The minimum absolute atomic E-state index is 0.0670. The Bertz CT molecular complexity index is 705. The summed E-state index contributed by atoms with van der Waals surface area (Å²) < 4.78 is 0. The highest BCUT2D eigenvalue weighted by atomic mass is 35.5. The lowest BCUT2D eigenvalue weighted by atomic mass is 10.1. The number of benzene rings is 1. The average Bonchev–Trinajstić information content (AvgIpc) is 2.66. The van der Waals surface area contributed by atoms with Crippen LogP contribution in [0.5, 0.6) is 0 Å². The lowest BCUT2D eigenvalue weighted by molar-refractivity contribution is -0.116. The molecule has 27 heavy (non-hydrogen) atoms. The van der Waals surface area contributed by atoms with Gasteiger partial charge in [0.15, 0.2) is 0 Å². The molecular formula is C22H32ClN3O. The number of nitrogens with zero attached hydrogens (tertiary/aromatic N) is 1. The highest BCUT2D eigenvalue weighted by Gasteiger charge is 2.07. The van der Waals surface area contributed by atoms with Crippen molar-refractivity contribution in [3.8, 4) is 0 Å². The number of halogens is 1. The molecule has 2 aromatic rings. The molecule has 0 aliphatic heterocycles. The Hall–Kier alpha value is -1.65. The maximum atomic E-state index is 12.2. The zero-order valence-electron chi connectivity index (χ0n) is 16.2. The fourth-order valence-corrected chi connectivity index (χ4v) is 3.45. The van der Waals surface area contributed by atoms with Crippen molar-refractivity contribution in [3.05, 3.63) is 35.5 Å². The summed E-state index contributed by atoms with van der Waals surface area (Å²) in [6, 6.07) is 7.36. The molecular weight excluding hydrogens is 358 g/mol. The normalized spacial score (nSPS) is 11.0. The molecule has 2 rings (SSSR count). The van der Waals surface area contributed by atoms with E-state index in [-0.39, 0.29) is 5.91 Å². The summed E-state index contributed by atoms with van der Waals surface area (Å²) >= 11 is 6.00. The predicted octanol–water partition coefficient (Wildman–Crippen LogP) is 6.08. The summed E-state index contributed by atoms with van der Waals surface area (Å²) in [4.78, 5) is 16.5. The van der Waals surface area contributed by atoms with E-state index in [1.807, 2.05) is 24.3 Å². The third-order valence-corrected chi connectivity index (χ3v) is 5.07. The molecule has 0 saturated carbocycles. The van der Waals surface area contributed by atoms with Gasteiger partial charge in [0.25, 0.3) is 0 Å². The van der Waals surface area contributed by atoms with Gasteiger partial charge in [0, 0.05) is 23.0 Å². The van der Waals surface area contributed by atoms with Crippen molar-refractivity contribution in [2.75, 3.05) is 11.9 Å². The van der Waals surface area contributed by atoms with Crippen molar-refractivity contribution in [2.24, 2.45) is 5.73 Å². The minimum Gasteiger partial charge on any atom is -0.330 e. The summed E-state index contributed by atoms with van der Waals surface area (Å²) in [7, 11) is 0. The second kappa shape index (κ2) is 12.7. The van der Waals surface area contributed by atoms with E-state index in [9.17, 15) is 4.79 Å². The number of unbranched alkanes of at least 4 members (excludes halogenated alkanes) is 9. The van der Waals surface area contributed by atoms with Gasteiger partial charge in [0.2, 0.25) is 5.91 Å². The van der Waals surface area contributed by atoms with Crippen LogP contribution < -0.4 is 11.1 Å². The number of anilines is 1. The van der Waals surface area contributed by atoms with Crippen LogP contribution in [0.3, 0.4) is 0 Å². The molecule has 148 valence electrons. The SMILES string of the molecule is NCCCCCCCCCCCCC(=O)Nc1ccnc2cc(Cl)ccc12. The molecule has 0 aliphatic carbocycles. The Labute approximate surface area is 167 Å². The summed E-state index contributed by atoms with van der Waals surface area (Å²) in [5.41, 5.74) is 7.09. The van der Waals surface area contributed by atoms with Crippen molar-refractivity contribution >= 4 is 34.1 Å². The molecule has 0 fully saturated rings. The van der Waals surface area contributed by atoms with Crippen molar-refractivity contribution in [1.29, 1.82) is 0 Å². The lowest BCUT2D eigenvalue weighted by Gasteiger charge is -2.08. The fraction of sp³-hybridized carbons (Fsp3) is 0.545. The quantitative estimate of drug-likeness (QED) is 0.408. The number of carbonyl (C=O) groups excluding carboxylic acids is 1. The van der Waals surface area contributed by atoms with E-state index in [4.69, 9.17) is 17.3 Å². The summed E-state index contributed by atoms with van der Waals surface area (Å²) in [6.45, 7) is 0.819. The van der Waals surface area contributed by atoms with Gasteiger partial charge in [-0.15, -0.1) is 0 Å². The molecule has 1 aromatic carbocycles. The molecule has 4 nitrogen and oxygen atoms in total. The molecule has 1 amide bonds. The molecule has 0 unspecified atom stereocenters. The number of carbonyl (C=O) groups is 1. The smallest absolute Gasteiger partial charge is 0.224 e. The van der Waals surface area contributed by atoms with E-state index >= 15 is 0 Å². The van der Waals surface area contributed by atoms with E-state index in [1.54, 1.807) is 6.20 Å². The van der Waals surface area contributed by atoms with Gasteiger partial charge >= 0.3 is 0 Å². The van der Waals surface area contributed by atoms with Crippen molar-refractivity contribution in [3.63, 3.8) is 0 Å². The van der Waals surface area contributed by atoms with Gasteiger partial charge in [-0.05, 0) is 43.7 Å². The fourth-order valence-electron chi connectivity index (χ4n) is 3.29. The number of pyridine rings is 1. The van der Waals surface area contributed by atoms with Crippen LogP contribution in [-0.2, 0) is 4.79 Å². The second-order valence-corrected chi connectivity index (χ2v) is 7.58. The molecule has 0 radical (unpaired) electrons. The Morgan fingerprint density at radius 3 is 2.22 bits per heavy atom. The van der Waals surface area contributed by atoms with E-state index in [0.29, 0.717) is 11.4 Å². The first-order valence-corrected chi connectivity index (χ1v) is 10.6. The van der Waals surface area contributed by atoms with Gasteiger partial charge in [-0.25, -0.2) is 0 Å². The first-order chi connectivity index (χ1) is 13.2. The Kier molecular flexibility index (Phi) is 10.2. The molecule has 1 aromatic heterocycles. The van der Waals surface area contributed by atoms with Crippen LogP contribution in [0.1, 0.15) is 70.6 Å². The highest BCUT2D eigenvalue weighted by Crippen LogP contribution is 2.24. The summed E-state index contributed by atoms with van der Waals surface area (Å²) in [5, 5.41) is 4.57. The van der Waals surface area contributed by atoms with Crippen LogP contribution >= 0.6 is 11.6 Å². The Balaban J connectivity index is 1.58. The molecule has 0 spiro atoms. The van der Waals surface area contributed by atoms with Gasteiger partial charge in [0.05, 0.1) is 11.2 Å². The van der Waals surface area contributed by atoms with Gasteiger partial charge in [-0.3, -0.25) is 9.78 Å².